The molecule has 0 heterocycles. The van der Waals surface area contributed by atoms with Crippen LogP contribution in [0, 0.1) is 0 Å². The molecule has 100 valence electrons. The first kappa shape index (κ1) is 13.8. The molecule has 0 aliphatic carbocycles. The average Bonchev–Trinajstić information content (AvgIpc) is 2.47. The van der Waals surface area contributed by atoms with Crippen LogP contribution in [0.1, 0.15) is 29.9 Å². The molecule has 0 radical (unpaired) electrons. The zero-order chi connectivity index (χ0) is 13.5. The predicted molar refractivity (Wildman–Crippen MR) is 81.0 cm³/mol. The molecule has 0 aromatic heterocycles. The molecule has 0 saturated carbocycles. The highest BCUT2D eigenvalue weighted by molar-refractivity contribution is 5.32. The first-order valence-electron chi connectivity index (χ1n) is 6.87. The van der Waals surface area contributed by atoms with Gasteiger partial charge in [-0.25, -0.2) is 0 Å². The van der Waals surface area contributed by atoms with Gasteiger partial charge in [0.1, 0.15) is 0 Å². The SMILES string of the molecule is NCCC(N)CC(c1ccccc1)c1ccccc1. The van der Waals surface area contributed by atoms with Crippen LogP contribution in [0.25, 0.3) is 0 Å². The Morgan fingerprint density at radius 2 is 1.26 bits per heavy atom. The van der Waals surface area contributed by atoms with Crippen LogP contribution in [0.5, 0.6) is 0 Å². The van der Waals surface area contributed by atoms with Crippen LogP contribution in [-0.2, 0) is 0 Å². The molecule has 2 aromatic carbocycles. The number of hydrogen-bond acceptors (Lipinski definition) is 2. The predicted octanol–water partition coefficient (Wildman–Crippen LogP) is 2.88. The van der Waals surface area contributed by atoms with Crippen LogP contribution in [0.15, 0.2) is 60.7 Å². The van der Waals surface area contributed by atoms with Gasteiger partial charge in [-0.1, -0.05) is 60.7 Å². The molecule has 4 N–H and O–H groups in total. The molecule has 0 aliphatic rings. The van der Waals surface area contributed by atoms with E-state index in [4.69, 9.17) is 11.5 Å². The van der Waals surface area contributed by atoms with Crippen molar-refractivity contribution in [2.24, 2.45) is 11.5 Å². The van der Waals surface area contributed by atoms with E-state index in [0.29, 0.717) is 12.5 Å². The van der Waals surface area contributed by atoms with Gasteiger partial charge in [0, 0.05) is 12.0 Å². The maximum Gasteiger partial charge on any atom is 0.0104 e. The van der Waals surface area contributed by atoms with Crippen molar-refractivity contribution in [1.82, 2.24) is 0 Å². The highest BCUT2D eigenvalue weighted by Crippen LogP contribution is 2.29. The highest BCUT2D eigenvalue weighted by Gasteiger charge is 2.17. The van der Waals surface area contributed by atoms with E-state index < -0.39 is 0 Å². The van der Waals surface area contributed by atoms with Gasteiger partial charge in [-0.3, -0.25) is 0 Å². The van der Waals surface area contributed by atoms with E-state index in [-0.39, 0.29) is 6.04 Å². The minimum atomic E-state index is 0.149. The van der Waals surface area contributed by atoms with Crippen molar-refractivity contribution < 1.29 is 0 Å². The molecule has 19 heavy (non-hydrogen) atoms. The van der Waals surface area contributed by atoms with E-state index in [2.05, 4.69) is 48.5 Å². The fourth-order valence-electron chi connectivity index (χ4n) is 2.47. The number of nitrogens with two attached hydrogens (primary N) is 2. The van der Waals surface area contributed by atoms with Crippen molar-refractivity contribution in [3.05, 3.63) is 71.8 Å². The number of rotatable bonds is 6. The lowest BCUT2D eigenvalue weighted by molar-refractivity contribution is 0.540. The Morgan fingerprint density at radius 1 is 0.789 bits per heavy atom. The van der Waals surface area contributed by atoms with E-state index in [9.17, 15) is 0 Å². The molecule has 2 rings (SSSR count). The number of hydrogen-bond donors (Lipinski definition) is 2. The first-order valence-corrected chi connectivity index (χ1v) is 6.87. The molecule has 0 amide bonds. The molecule has 0 aliphatic heterocycles. The molecule has 2 nitrogen and oxygen atoms in total. The minimum absolute atomic E-state index is 0.149. The summed E-state index contributed by atoms with van der Waals surface area (Å²) >= 11 is 0. The van der Waals surface area contributed by atoms with Crippen molar-refractivity contribution >= 4 is 0 Å². The van der Waals surface area contributed by atoms with Crippen molar-refractivity contribution in [3.8, 4) is 0 Å². The van der Waals surface area contributed by atoms with Crippen molar-refractivity contribution in [2.75, 3.05) is 6.54 Å². The smallest absolute Gasteiger partial charge is 0.0104 e. The quantitative estimate of drug-likeness (QED) is 0.833. The Bertz CT molecular complexity index is 428. The minimum Gasteiger partial charge on any atom is -0.330 e. The molecule has 0 spiro atoms. The Labute approximate surface area is 115 Å². The van der Waals surface area contributed by atoms with E-state index >= 15 is 0 Å². The second-order valence-electron chi connectivity index (χ2n) is 4.95. The van der Waals surface area contributed by atoms with Gasteiger partial charge in [0.2, 0.25) is 0 Å². The molecule has 0 bridgehead atoms. The summed E-state index contributed by atoms with van der Waals surface area (Å²) in [6, 6.07) is 21.3. The van der Waals surface area contributed by atoms with E-state index in [1.165, 1.54) is 11.1 Å². The van der Waals surface area contributed by atoms with Gasteiger partial charge in [-0.2, -0.15) is 0 Å². The standard InChI is InChI=1S/C17H22N2/c18-12-11-16(19)13-17(14-7-3-1-4-8-14)15-9-5-2-6-10-15/h1-10,16-17H,11-13,18-19H2. The average molecular weight is 254 g/mol. The maximum absolute atomic E-state index is 6.18. The molecule has 2 aromatic rings. The van der Waals surface area contributed by atoms with Crippen LogP contribution < -0.4 is 11.5 Å². The summed E-state index contributed by atoms with van der Waals surface area (Å²) < 4.78 is 0. The maximum atomic E-state index is 6.18. The number of benzene rings is 2. The largest absolute Gasteiger partial charge is 0.330 e. The Kier molecular flexibility index (Phi) is 5.13. The lowest BCUT2D eigenvalue weighted by atomic mass is 9.85. The molecular weight excluding hydrogens is 232 g/mol. The summed E-state index contributed by atoms with van der Waals surface area (Å²) in [4.78, 5) is 0. The van der Waals surface area contributed by atoms with Crippen LogP contribution in [0.2, 0.25) is 0 Å². The zero-order valence-corrected chi connectivity index (χ0v) is 11.2. The summed E-state index contributed by atoms with van der Waals surface area (Å²) in [6.45, 7) is 0.650. The molecule has 2 heteroatoms. The van der Waals surface area contributed by atoms with Gasteiger partial charge in [0.25, 0.3) is 0 Å². The van der Waals surface area contributed by atoms with Gasteiger partial charge < -0.3 is 11.5 Å². The third kappa shape index (κ3) is 3.91. The third-order valence-corrected chi connectivity index (χ3v) is 3.48. The van der Waals surface area contributed by atoms with E-state index in [0.717, 1.165) is 12.8 Å². The second-order valence-corrected chi connectivity index (χ2v) is 4.95. The van der Waals surface area contributed by atoms with Crippen LogP contribution in [0.3, 0.4) is 0 Å². The van der Waals surface area contributed by atoms with Gasteiger partial charge in [0.15, 0.2) is 0 Å². The normalized spacial score (nSPS) is 12.6. The molecule has 0 fully saturated rings. The van der Waals surface area contributed by atoms with E-state index in [1.54, 1.807) is 0 Å². The highest BCUT2D eigenvalue weighted by atomic mass is 14.7. The zero-order valence-electron chi connectivity index (χ0n) is 11.2. The monoisotopic (exact) mass is 254 g/mol. The third-order valence-electron chi connectivity index (χ3n) is 3.48. The summed E-state index contributed by atoms with van der Waals surface area (Å²) in [7, 11) is 0. The fraction of sp³-hybridized carbons (Fsp3) is 0.294. The summed E-state index contributed by atoms with van der Waals surface area (Å²) in [5.41, 5.74) is 14.4. The summed E-state index contributed by atoms with van der Waals surface area (Å²) in [5.74, 6) is 0.351. The van der Waals surface area contributed by atoms with Gasteiger partial charge in [-0.15, -0.1) is 0 Å². The lowest BCUT2D eigenvalue weighted by Crippen LogP contribution is -2.26. The molecule has 0 saturated heterocycles. The molecule has 1 atom stereocenters. The van der Waals surface area contributed by atoms with E-state index in [1.807, 2.05) is 12.1 Å². The fourth-order valence-corrected chi connectivity index (χ4v) is 2.47. The van der Waals surface area contributed by atoms with Gasteiger partial charge in [0.05, 0.1) is 0 Å². The van der Waals surface area contributed by atoms with Crippen molar-refractivity contribution in [1.29, 1.82) is 0 Å². The van der Waals surface area contributed by atoms with Crippen molar-refractivity contribution in [2.45, 2.75) is 24.8 Å². The van der Waals surface area contributed by atoms with Crippen LogP contribution in [0.4, 0.5) is 0 Å². The Morgan fingerprint density at radius 3 is 1.68 bits per heavy atom. The molecular formula is C17H22N2. The molecule has 1 unspecified atom stereocenters. The van der Waals surface area contributed by atoms with Gasteiger partial charge in [-0.05, 0) is 30.5 Å². The van der Waals surface area contributed by atoms with Crippen LogP contribution >= 0.6 is 0 Å². The summed E-state index contributed by atoms with van der Waals surface area (Å²) in [5, 5.41) is 0. The topological polar surface area (TPSA) is 52.0 Å². The van der Waals surface area contributed by atoms with Crippen molar-refractivity contribution in [3.63, 3.8) is 0 Å². The lowest BCUT2D eigenvalue weighted by Gasteiger charge is -2.21. The Balaban J connectivity index is 2.24. The summed E-state index contributed by atoms with van der Waals surface area (Å²) in [6.07, 6.45) is 1.81. The first-order chi connectivity index (χ1) is 9.31. The van der Waals surface area contributed by atoms with Crippen LogP contribution in [-0.4, -0.2) is 12.6 Å². The van der Waals surface area contributed by atoms with Gasteiger partial charge >= 0.3 is 0 Å². The Hall–Kier alpha value is -1.64. The second kappa shape index (κ2) is 7.07.